The predicted octanol–water partition coefficient (Wildman–Crippen LogP) is 1.04. The molecule has 0 amide bonds. The molecule has 2 nitrogen and oxygen atoms in total. The standard InChI is InChI=1S/C8H16O2/c1-6(2)7-5-10-4-3-8(7)9/h6-9H,3-5H2,1-2H3/t7-,8+/m0/s1. The van der Waals surface area contributed by atoms with Crippen LogP contribution >= 0.6 is 0 Å². The maximum absolute atomic E-state index is 9.46. The van der Waals surface area contributed by atoms with Crippen molar-refractivity contribution in [1.82, 2.24) is 0 Å². The SMILES string of the molecule is CC(C)[C@@H]1COCC[C@H]1O. The quantitative estimate of drug-likeness (QED) is 0.596. The molecule has 0 aliphatic carbocycles. The first-order chi connectivity index (χ1) is 4.72. The third kappa shape index (κ3) is 1.70. The third-order valence-corrected chi connectivity index (χ3v) is 2.22. The molecule has 0 spiro atoms. The van der Waals surface area contributed by atoms with Crippen molar-refractivity contribution in [2.75, 3.05) is 13.2 Å². The number of hydrogen-bond acceptors (Lipinski definition) is 2. The Morgan fingerprint density at radius 3 is 2.60 bits per heavy atom. The summed E-state index contributed by atoms with van der Waals surface area (Å²) in [7, 11) is 0. The average molecular weight is 144 g/mol. The molecule has 1 rings (SSSR count). The summed E-state index contributed by atoms with van der Waals surface area (Å²) in [5, 5.41) is 9.46. The van der Waals surface area contributed by atoms with Crippen LogP contribution in [-0.4, -0.2) is 24.4 Å². The molecule has 2 heteroatoms. The van der Waals surface area contributed by atoms with Gasteiger partial charge in [0.25, 0.3) is 0 Å². The zero-order valence-corrected chi connectivity index (χ0v) is 6.71. The van der Waals surface area contributed by atoms with E-state index in [2.05, 4.69) is 13.8 Å². The second-order valence-electron chi connectivity index (χ2n) is 3.34. The molecule has 0 bridgehead atoms. The van der Waals surface area contributed by atoms with Crippen LogP contribution in [0.4, 0.5) is 0 Å². The summed E-state index contributed by atoms with van der Waals surface area (Å²) in [6.45, 7) is 5.72. The van der Waals surface area contributed by atoms with Crippen LogP contribution in [0.5, 0.6) is 0 Å². The molecular weight excluding hydrogens is 128 g/mol. The van der Waals surface area contributed by atoms with Gasteiger partial charge in [0, 0.05) is 12.5 Å². The molecule has 1 aliphatic rings. The molecule has 0 aromatic rings. The first-order valence-electron chi connectivity index (χ1n) is 3.97. The number of hydrogen-bond donors (Lipinski definition) is 1. The Hall–Kier alpha value is -0.0800. The normalized spacial score (nSPS) is 34.8. The Labute approximate surface area is 62.2 Å². The Kier molecular flexibility index (Phi) is 2.69. The highest BCUT2D eigenvalue weighted by Crippen LogP contribution is 2.21. The van der Waals surface area contributed by atoms with E-state index in [1.165, 1.54) is 0 Å². The van der Waals surface area contributed by atoms with Gasteiger partial charge in [0.05, 0.1) is 12.7 Å². The fourth-order valence-corrected chi connectivity index (χ4v) is 1.39. The Balaban J connectivity index is 2.40. The summed E-state index contributed by atoms with van der Waals surface area (Å²) < 4.78 is 5.25. The van der Waals surface area contributed by atoms with E-state index in [1.54, 1.807) is 0 Å². The lowest BCUT2D eigenvalue weighted by molar-refractivity contribution is -0.0519. The lowest BCUT2D eigenvalue weighted by atomic mass is 9.88. The third-order valence-electron chi connectivity index (χ3n) is 2.22. The predicted molar refractivity (Wildman–Crippen MR) is 39.8 cm³/mol. The first-order valence-corrected chi connectivity index (χ1v) is 3.97. The minimum Gasteiger partial charge on any atom is -0.393 e. The molecule has 0 unspecified atom stereocenters. The summed E-state index contributed by atoms with van der Waals surface area (Å²) in [4.78, 5) is 0. The molecule has 10 heavy (non-hydrogen) atoms. The van der Waals surface area contributed by atoms with Crippen molar-refractivity contribution >= 4 is 0 Å². The monoisotopic (exact) mass is 144 g/mol. The van der Waals surface area contributed by atoms with Crippen LogP contribution in [0.2, 0.25) is 0 Å². The molecular formula is C8H16O2. The van der Waals surface area contributed by atoms with Crippen molar-refractivity contribution in [2.45, 2.75) is 26.4 Å². The van der Waals surface area contributed by atoms with Crippen LogP contribution in [0.1, 0.15) is 20.3 Å². The Morgan fingerprint density at radius 1 is 1.50 bits per heavy atom. The van der Waals surface area contributed by atoms with E-state index in [0.717, 1.165) is 19.6 Å². The van der Waals surface area contributed by atoms with Gasteiger partial charge in [0.15, 0.2) is 0 Å². The van der Waals surface area contributed by atoms with Gasteiger partial charge in [-0.2, -0.15) is 0 Å². The largest absolute Gasteiger partial charge is 0.393 e. The maximum Gasteiger partial charge on any atom is 0.0614 e. The van der Waals surface area contributed by atoms with Gasteiger partial charge in [0.1, 0.15) is 0 Å². The lowest BCUT2D eigenvalue weighted by Gasteiger charge is -2.30. The van der Waals surface area contributed by atoms with Crippen molar-refractivity contribution in [3.63, 3.8) is 0 Å². The molecule has 1 saturated heterocycles. The van der Waals surface area contributed by atoms with Gasteiger partial charge >= 0.3 is 0 Å². The minimum absolute atomic E-state index is 0.131. The van der Waals surface area contributed by atoms with Gasteiger partial charge in [-0.25, -0.2) is 0 Å². The smallest absolute Gasteiger partial charge is 0.0614 e. The zero-order valence-electron chi connectivity index (χ0n) is 6.71. The van der Waals surface area contributed by atoms with E-state index in [1.807, 2.05) is 0 Å². The molecule has 60 valence electrons. The summed E-state index contributed by atoms with van der Waals surface area (Å²) in [6, 6.07) is 0. The van der Waals surface area contributed by atoms with E-state index in [9.17, 15) is 5.11 Å². The second kappa shape index (κ2) is 3.35. The van der Waals surface area contributed by atoms with Gasteiger partial charge < -0.3 is 9.84 Å². The molecule has 0 radical (unpaired) electrons. The van der Waals surface area contributed by atoms with Crippen molar-refractivity contribution in [1.29, 1.82) is 0 Å². The van der Waals surface area contributed by atoms with Gasteiger partial charge in [0.2, 0.25) is 0 Å². The summed E-state index contributed by atoms with van der Waals surface area (Å²) in [6.07, 6.45) is 0.678. The minimum atomic E-state index is -0.131. The van der Waals surface area contributed by atoms with E-state index in [0.29, 0.717) is 11.8 Å². The van der Waals surface area contributed by atoms with Crippen LogP contribution in [0.3, 0.4) is 0 Å². The molecule has 1 aliphatic heterocycles. The van der Waals surface area contributed by atoms with Gasteiger partial charge in [-0.05, 0) is 12.3 Å². The summed E-state index contributed by atoms with van der Waals surface area (Å²) in [5.74, 6) is 0.893. The van der Waals surface area contributed by atoms with E-state index >= 15 is 0 Å². The van der Waals surface area contributed by atoms with E-state index < -0.39 is 0 Å². The van der Waals surface area contributed by atoms with Gasteiger partial charge in [-0.3, -0.25) is 0 Å². The highest BCUT2D eigenvalue weighted by molar-refractivity contribution is 4.74. The molecule has 1 N–H and O–H groups in total. The highest BCUT2D eigenvalue weighted by atomic mass is 16.5. The fraction of sp³-hybridized carbons (Fsp3) is 1.00. The molecule has 0 saturated carbocycles. The Bertz CT molecular complexity index is 101. The number of aliphatic hydroxyl groups is 1. The first kappa shape index (κ1) is 8.02. The van der Waals surface area contributed by atoms with Crippen LogP contribution in [0, 0.1) is 11.8 Å². The maximum atomic E-state index is 9.46. The highest BCUT2D eigenvalue weighted by Gasteiger charge is 2.25. The topological polar surface area (TPSA) is 29.5 Å². The second-order valence-corrected chi connectivity index (χ2v) is 3.34. The zero-order chi connectivity index (χ0) is 7.56. The van der Waals surface area contributed by atoms with Crippen molar-refractivity contribution < 1.29 is 9.84 Å². The summed E-state index contributed by atoms with van der Waals surface area (Å²) >= 11 is 0. The van der Waals surface area contributed by atoms with Crippen LogP contribution in [0.15, 0.2) is 0 Å². The number of ether oxygens (including phenoxy) is 1. The van der Waals surface area contributed by atoms with Crippen molar-refractivity contribution in [2.24, 2.45) is 11.8 Å². The van der Waals surface area contributed by atoms with Crippen molar-refractivity contribution in [3.05, 3.63) is 0 Å². The molecule has 2 atom stereocenters. The fourth-order valence-electron chi connectivity index (χ4n) is 1.39. The van der Waals surface area contributed by atoms with Gasteiger partial charge in [-0.15, -0.1) is 0 Å². The number of aliphatic hydroxyl groups excluding tert-OH is 1. The average Bonchev–Trinajstić information content (AvgIpc) is 1.88. The van der Waals surface area contributed by atoms with Gasteiger partial charge in [-0.1, -0.05) is 13.8 Å². The lowest BCUT2D eigenvalue weighted by Crippen LogP contribution is -2.35. The van der Waals surface area contributed by atoms with E-state index in [4.69, 9.17) is 4.74 Å². The van der Waals surface area contributed by atoms with Crippen LogP contribution in [0.25, 0.3) is 0 Å². The molecule has 0 aromatic heterocycles. The number of rotatable bonds is 1. The van der Waals surface area contributed by atoms with Crippen molar-refractivity contribution in [3.8, 4) is 0 Å². The van der Waals surface area contributed by atoms with Crippen LogP contribution in [-0.2, 0) is 4.74 Å². The van der Waals surface area contributed by atoms with E-state index in [-0.39, 0.29) is 6.10 Å². The Morgan fingerprint density at radius 2 is 2.20 bits per heavy atom. The van der Waals surface area contributed by atoms with Crippen LogP contribution < -0.4 is 0 Å². The molecule has 1 heterocycles. The molecule has 0 aromatic carbocycles. The summed E-state index contributed by atoms with van der Waals surface area (Å²) in [5.41, 5.74) is 0. The molecule has 1 fully saturated rings.